The minimum absolute atomic E-state index is 0.311. The van der Waals surface area contributed by atoms with Gasteiger partial charge in [-0.05, 0) is 25.3 Å². The molecule has 0 saturated carbocycles. The van der Waals surface area contributed by atoms with Crippen LogP contribution in [0.4, 0.5) is 0 Å². The maximum atomic E-state index is 10.1. The van der Waals surface area contributed by atoms with Crippen molar-refractivity contribution in [1.82, 2.24) is 0 Å². The normalized spacial score (nSPS) is 30.0. The highest BCUT2D eigenvalue weighted by molar-refractivity contribution is 6.30. The Labute approximate surface area is 103 Å². The summed E-state index contributed by atoms with van der Waals surface area (Å²) in [6.07, 6.45) is 10.5. The van der Waals surface area contributed by atoms with Gasteiger partial charge in [-0.25, -0.2) is 0 Å². The van der Waals surface area contributed by atoms with Crippen LogP contribution in [0.3, 0.4) is 0 Å². The van der Waals surface area contributed by atoms with Crippen molar-refractivity contribution in [1.29, 1.82) is 0 Å². The van der Waals surface area contributed by atoms with E-state index in [0.29, 0.717) is 17.9 Å². The fourth-order valence-electron chi connectivity index (χ4n) is 1.90. The first-order valence-electron chi connectivity index (χ1n) is 6.01. The van der Waals surface area contributed by atoms with Gasteiger partial charge in [-0.3, -0.25) is 0 Å². The van der Waals surface area contributed by atoms with Gasteiger partial charge in [0.1, 0.15) is 0 Å². The van der Waals surface area contributed by atoms with Crippen molar-refractivity contribution in [3.63, 3.8) is 0 Å². The largest absolute Gasteiger partial charge is 0.387 e. The van der Waals surface area contributed by atoms with Crippen molar-refractivity contribution < 1.29 is 10.2 Å². The van der Waals surface area contributed by atoms with Crippen molar-refractivity contribution in [2.75, 3.05) is 0 Å². The molecule has 16 heavy (non-hydrogen) atoms. The average molecular weight is 245 g/mol. The topological polar surface area (TPSA) is 40.5 Å². The summed E-state index contributed by atoms with van der Waals surface area (Å²) in [4.78, 5) is 0. The van der Waals surface area contributed by atoms with Crippen molar-refractivity contribution in [2.45, 2.75) is 57.2 Å². The molecule has 2 unspecified atom stereocenters. The molecule has 0 aromatic carbocycles. The first-order valence-corrected chi connectivity index (χ1v) is 6.39. The maximum absolute atomic E-state index is 10.1. The molecule has 0 radical (unpaired) electrons. The zero-order valence-electron chi connectivity index (χ0n) is 9.82. The molecule has 2 N–H and O–H groups in total. The molecular weight excluding hydrogens is 224 g/mol. The highest BCUT2D eigenvalue weighted by Crippen LogP contribution is 2.33. The molecule has 0 heterocycles. The molecular formula is C13H21ClO2. The standard InChI is InChI=1S/C13H21ClO2/c1-2-3-4-5-6-7-8-13(16)9-11(14)12(15)10-13/h6-7,9,12,15-16H,2-5,8,10H2,1H3/b7-6-. The SMILES string of the molecule is CCCCC/C=C\CC1(O)C=C(Cl)C(O)C1. The van der Waals surface area contributed by atoms with E-state index in [-0.39, 0.29) is 0 Å². The lowest BCUT2D eigenvalue weighted by molar-refractivity contribution is 0.0602. The lowest BCUT2D eigenvalue weighted by Gasteiger charge is -2.18. The Morgan fingerprint density at radius 1 is 1.50 bits per heavy atom. The van der Waals surface area contributed by atoms with Gasteiger partial charge < -0.3 is 10.2 Å². The van der Waals surface area contributed by atoms with Crippen LogP contribution in [0.2, 0.25) is 0 Å². The van der Waals surface area contributed by atoms with Crippen LogP contribution in [0.15, 0.2) is 23.3 Å². The maximum Gasteiger partial charge on any atom is 0.0924 e. The Hall–Kier alpha value is -0.310. The van der Waals surface area contributed by atoms with Crippen LogP contribution in [-0.2, 0) is 0 Å². The second-order valence-electron chi connectivity index (χ2n) is 4.52. The van der Waals surface area contributed by atoms with E-state index in [2.05, 4.69) is 13.0 Å². The van der Waals surface area contributed by atoms with E-state index in [0.717, 1.165) is 6.42 Å². The third kappa shape index (κ3) is 4.28. The Morgan fingerprint density at radius 2 is 2.25 bits per heavy atom. The number of halogens is 1. The summed E-state index contributed by atoms with van der Waals surface area (Å²) in [6.45, 7) is 2.18. The van der Waals surface area contributed by atoms with E-state index < -0.39 is 11.7 Å². The predicted octanol–water partition coefficient (Wildman–Crippen LogP) is 3.13. The molecule has 0 bridgehead atoms. The first kappa shape index (κ1) is 13.8. The van der Waals surface area contributed by atoms with Gasteiger partial charge in [0.05, 0.1) is 11.7 Å². The Morgan fingerprint density at radius 3 is 2.81 bits per heavy atom. The van der Waals surface area contributed by atoms with E-state index in [1.165, 1.54) is 19.3 Å². The zero-order valence-corrected chi connectivity index (χ0v) is 10.6. The molecule has 0 fully saturated rings. The van der Waals surface area contributed by atoms with Gasteiger partial charge in [0.15, 0.2) is 0 Å². The summed E-state index contributed by atoms with van der Waals surface area (Å²) >= 11 is 5.76. The summed E-state index contributed by atoms with van der Waals surface area (Å²) in [5, 5.41) is 19.8. The predicted molar refractivity (Wildman–Crippen MR) is 67.4 cm³/mol. The Kier molecular flexibility index (Phi) is 5.53. The van der Waals surface area contributed by atoms with Crippen LogP contribution >= 0.6 is 11.6 Å². The number of hydrogen-bond donors (Lipinski definition) is 2. The smallest absolute Gasteiger partial charge is 0.0924 e. The lowest BCUT2D eigenvalue weighted by Crippen LogP contribution is -2.24. The quantitative estimate of drug-likeness (QED) is 0.557. The van der Waals surface area contributed by atoms with E-state index in [1.54, 1.807) is 6.08 Å². The fourth-order valence-corrected chi connectivity index (χ4v) is 2.18. The average Bonchev–Trinajstić information content (AvgIpc) is 2.47. The fraction of sp³-hybridized carbons (Fsp3) is 0.692. The van der Waals surface area contributed by atoms with Crippen LogP contribution in [0.1, 0.15) is 45.4 Å². The highest BCUT2D eigenvalue weighted by Gasteiger charge is 2.34. The van der Waals surface area contributed by atoms with Crippen molar-refractivity contribution in [3.8, 4) is 0 Å². The molecule has 0 aliphatic heterocycles. The summed E-state index contributed by atoms with van der Waals surface area (Å²) in [5.41, 5.74) is -0.947. The number of aliphatic hydroxyl groups is 2. The van der Waals surface area contributed by atoms with Gasteiger partial charge in [0.2, 0.25) is 0 Å². The number of rotatable bonds is 6. The molecule has 2 nitrogen and oxygen atoms in total. The highest BCUT2D eigenvalue weighted by atomic mass is 35.5. The molecule has 3 heteroatoms. The minimum atomic E-state index is -0.947. The summed E-state index contributed by atoms with van der Waals surface area (Å²) in [7, 11) is 0. The number of allylic oxidation sites excluding steroid dienone is 1. The molecule has 0 aromatic rings. The van der Waals surface area contributed by atoms with Crippen LogP contribution in [0.25, 0.3) is 0 Å². The van der Waals surface area contributed by atoms with Crippen LogP contribution in [0.5, 0.6) is 0 Å². The van der Waals surface area contributed by atoms with Crippen LogP contribution in [0, 0.1) is 0 Å². The molecule has 0 saturated heterocycles. The second-order valence-corrected chi connectivity index (χ2v) is 4.96. The van der Waals surface area contributed by atoms with E-state index in [1.807, 2.05) is 6.08 Å². The monoisotopic (exact) mass is 244 g/mol. The van der Waals surface area contributed by atoms with Gasteiger partial charge in [-0.15, -0.1) is 0 Å². The minimum Gasteiger partial charge on any atom is -0.387 e. The van der Waals surface area contributed by atoms with E-state index >= 15 is 0 Å². The summed E-state index contributed by atoms with van der Waals surface area (Å²) < 4.78 is 0. The van der Waals surface area contributed by atoms with Gasteiger partial charge in [0.25, 0.3) is 0 Å². The van der Waals surface area contributed by atoms with Crippen molar-refractivity contribution >= 4 is 11.6 Å². The summed E-state index contributed by atoms with van der Waals surface area (Å²) in [5.74, 6) is 0. The van der Waals surface area contributed by atoms with E-state index in [9.17, 15) is 10.2 Å². The molecule has 2 atom stereocenters. The molecule has 0 spiro atoms. The first-order chi connectivity index (χ1) is 7.57. The molecule has 1 aliphatic carbocycles. The zero-order chi connectivity index (χ0) is 12.0. The third-order valence-corrected chi connectivity index (χ3v) is 3.25. The van der Waals surface area contributed by atoms with Crippen LogP contribution < -0.4 is 0 Å². The van der Waals surface area contributed by atoms with E-state index in [4.69, 9.17) is 11.6 Å². The molecule has 1 aliphatic rings. The van der Waals surface area contributed by atoms with Gasteiger partial charge in [-0.2, -0.15) is 0 Å². The number of aliphatic hydroxyl groups excluding tert-OH is 1. The summed E-state index contributed by atoms with van der Waals surface area (Å²) in [6, 6.07) is 0. The van der Waals surface area contributed by atoms with Gasteiger partial charge in [0, 0.05) is 11.5 Å². The molecule has 92 valence electrons. The second kappa shape index (κ2) is 6.43. The number of hydrogen-bond acceptors (Lipinski definition) is 2. The molecule has 0 amide bonds. The lowest BCUT2D eigenvalue weighted by atomic mass is 9.98. The van der Waals surface area contributed by atoms with Gasteiger partial charge in [-0.1, -0.05) is 43.5 Å². The number of unbranched alkanes of at least 4 members (excludes halogenated alkanes) is 3. The van der Waals surface area contributed by atoms with Gasteiger partial charge >= 0.3 is 0 Å². The van der Waals surface area contributed by atoms with Crippen molar-refractivity contribution in [3.05, 3.63) is 23.3 Å². The van der Waals surface area contributed by atoms with Crippen molar-refractivity contribution in [2.24, 2.45) is 0 Å². The Bertz CT molecular complexity index is 273. The van der Waals surface area contributed by atoms with Crippen LogP contribution in [-0.4, -0.2) is 21.9 Å². The molecule has 1 rings (SSSR count). The third-order valence-electron chi connectivity index (χ3n) is 2.88. The molecule has 0 aromatic heterocycles. The Balaban J connectivity index is 2.27.